The van der Waals surface area contributed by atoms with Gasteiger partial charge in [0.25, 0.3) is 6.43 Å². The van der Waals surface area contributed by atoms with E-state index in [1.165, 1.54) is 23.1 Å². The lowest BCUT2D eigenvalue weighted by atomic mass is 10.2. The first-order valence-electron chi connectivity index (χ1n) is 4.37. The molecule has 0 atom stereocenters. The number of alkyl halides is 2. The molecule has 0 saturated heterocycles. The lowest BCUT2D eigenvalue weighted by Gasteiger charge is -2.14. The third-order valence-corrected chi connectivity index (χ3v) is 1.84. The van der Waals surface area contributed by atoms with Gasteiger partial charge in [-0.3, -0.25) is 0 Å². The van der Waals surface area contributed by atoms with Crippen LogP contribution in [0.2, 0.25) is 0 Å². The predicted molar refractivity (Wildman–Crippen MR) is 54.1 cm³/mol. The molecule has 15 heavy (non-hydrogen) atoms. The maximum atomic E-state index is 12.5. The quantitative estimate of drug-likeness (QED) is 0.806. The number of nitrogens with one attached hydrogen (secondary N) is 1. The second kappa shape index (κ2) is 4.72. The molecule has 1 aromatic carbocycles. The molecule has 0 fully saturated rings. The molecule has 0 saturated carbocycles. The molecular formula is C10H12F2N2O. The summed E-state index contributed by atoms with van der Waals surface area (Å²) >= 11 is 0. The molecule has 0 spiro atoms. The Kier molecular flexibility index (Phi) is 3.60. The van der Waals surface area contributed by atoms with E-state index in [9.17, 15) is 13.6 Å². The number of hydrogen-bond acceptors (Lipinski definition) is 1. The fourth-order valence-corrected chi connectivity index (χ4v) is 1.03. The molecule has 0 aromatic heterocycles. The number of anilines is 1. The van der Waals surface area contributed by atoms with E-state index in [4.69, 9.17) is 0 Å². The van der Waals surface area contributed by atoms with Crippen LogP contribution < -0.4 is 5.32 Å². The minimum Gasteiger partial charge on any atom is -0.331 e. The van der Waals surface area contributed by atoms with Gasteiger partial charge in [0.2, 0.25) is 0 Å². The Morgan fingerprint density at radius 3 is 2.47 bits per heavy atom. The van der Waals surface area contributed by atoms with E-state index in [1.54, 1.807) is 20.2 Å². The smallest absolute Gasteiger partial charge is 0.321 e. The Labute approximate surface area is 86.7 Å². The van der Waals surface area contributed by atoms with Gasteiger partial charge in [0.15, 0.2) is 0 Å². The van der Waals surface area contributed by atoms with Crippen molar-refractivity contribution in [2.75, 3.05) is 19.4 Å². The Balaban J connectivity index is 2.89. The van der Waals surface area contributed by atoms with Crippen LogP contribution in [0, 0.1) is 0 Å². The van der Waals surface area contributed by atoms with Crippen molar-refractivity contribution in [3.05, 3.63) is 29.8 Å². The van der Waals surface area contributed by atoms with Gasteiger partial charge in [0.1, 0.15) is 0 Å². The number of rotatable bonds is 2. The molecule has 0 heterocycles. The second-order valence-corrected chi connectivity index (χ2v) is 3.21. The molecule has 2 amide bonds. The van der Waals surface area contributed by atoms with Crippen molar-refractivity contribution in [2.45, 2.75) is 6.43 Å². The zero-order valence-electron chi connectivity index (χ0n) is 8.50. The van der Waals surface area contributed by atoms with Gasteiger partial charge in [-0.15, -0.1) is 0 Å². The van der Waals surface area contributed by atoms with Gasteiger partial charge in [-0.2, -0.15) is 0 Å². The molecule has 1 aromatic rings. The highest BCUT2D eigenvalue weighted by molar-refractivity contribution is 5.89. The van der Waals surface area contributed by atoms with Gasteiger partial charge < -0.3 is 10.2 Å². The fourth-order valence-electron chi connectivity index (χ4n) is 1.03. The van der Waals surface area contributed by atoms with Crippen LogP contribution in [0.1, 0.15) is 12.0 Å². The summed E-state index contributed by atoms with van der Waals surface area (Å²) < 4.78 is 25.0. The SMILES string of the molecule is CN(C)C(=O)Nc1ccccc1C(F)F. The van der Waals surface area contributed by atoms with Crippen LogP contribution in [0.4, 0.5) is 19.3 Å². The van der Waals surface area contributed by atoms with Crippen LogP contribution in [0.5, 0.6) is 0 Å². The van der Waals surface area contributed by atoms with Crippen LogP contribution in [0.3, 0.4) is 0 Å². The molecule has 3 nitrogen and oxygen atoms in total. The van der Waals surface area contributed by atoms with Crippen molar-refractivity contribution in [3.8, 4) is 0 Å². The minimum atomic E-state index is -2.59. The fraction of sp³-hybridized carbons (Fsp3) is 0.300. The van der Waals surface area contributed by atoms with Crippen molar-refractivity contribution in [2.24, 2.45) is 0 Å². The van der Waals surface area contributed by atoms with Crippen molar-refractivity contribution in [3.63, 3.8) is 0 Å². The van der Waals surface area contributed by atoms with E-state index in [0.717, 1.165) is 0 Å². The first-order chi connectivity index (χ1) is 7.02. The van der Waals surface area contributed by atoms with Gasteiger partial charge in [0.05, 0.1) is 5.69 Å². The molecule has 0 unspecified atom stereocenters. The Morgan fingerprint density at radius 2 is 1.93 bits per heavy atom. The van der Waals surface area contributed by atoms with E-state index in [1.807, 2.05) is 0 Å². The van der Waals surface area contributed by atoms with Gasteiger partial charge in [-0.25, -0.2) is 13.6 Å². The molecule has 82 valence electrons. The van der Waals surface area contributed by atoms with Crippen LogP contribution in [-0.2, 0) is 0 Å². The van der Waals surface area contributed by atoms with E-state index in [-0.39, 0.29) is 11.3 Å². The highest BCUT2D eigenvalue weighted by atomic mass is 19.3. The summed E-state index contributed by atoms with van der Waals surface area (Å²) in [7, 11) is 3.08. The largest absolute Gasteiger partial charge is 0.331 e. The number of nitrogens with zero attached hydrogens (tertiary/aromatic N) is 1. The average molecular weight is 214 g/mol. The summed E-state index contributed by atoms with van der Waals surface area (Å²) in [5, 5.41) is 2.40. The third kappa shape index (κ3) is 2.90. The van der Waals surface area contributed by atoms with Crippen molar-refractivity contribution < 1.29 is 13.6 Å². The average Bonchev–Trinajstić information content (AvgIpc) is 2.18. The molecule has 0 aliphatic heterocycles. The van der Waals surface area contributed by atoms with E-state index in [0.29, 0.717) is 0 Å². The lowest BCUT2D eigenvalue weighted by Crippen LogP contribution is -2.27. The monoisotopic (exact) mass is 214 g/mol. The Bertz CT molecular complexity index is 353. The molecule has 1 rings (SSSR count). The van der Waals surface area contributed by atoms with E-state index in [2.05, 4.69) is 5.32 Å². The standard InChI is InChI=1S/C10H12F2N2O/c1-14(2)10(15)13-8-6-4-3-5-7(8)9(11)12/h3-6,9H,1-2H3,(H,13,15). The molecule has 0 bridgehead atoms. The van der Waals surface area contributed by atoms with Crippen LogP contribution in [0.15, 0.2) is 24.3 Å². The zero-order chi connectivity index (χ0) is 11.4. The Morgan fingerprint density at radius 1 is 1.33 bits per heavy atom. The van der Waals surface area contributed by atoms with Gasteiger partial charge in [-0.1, -0.05) is 18.2 Å². The van der Waals surface area contributed by atoms with Crippen molar-refractivity contribution >= 4 is 11.7 Å². The summed E-state index contributed by atoms with van der Waals surface area (Å²) in [5.41, 5.74) is -0.0288. The molecular weight excluding hydrogens is 202 g/mol. The number of carbonyl (C=O) groups excluding carboxylic acids is 1. The number of amides is 2. The number of hydrogen-bond donors (Lipinski definition) is 1. The summed E-state index contributed by atoms with van der Waals surface area (Å²) in [5.74, 6) is 0. The lowest BCUT2D eigenvalue weighted by molar-refractivity contribution is 0.152. The zero-order valence-corrected chi connectivity index (χ0v) is 8.50. The number of urea groups is 1. The van der Waals surface area contributed by atoms with Crippen molar-refractivity contribution in [1.29, 1.82) is 0 Å². The minimum absolute atomic E-state index is 0.145. The first kappa shape index (κ1) is 11.4. The van der Waals surface area contributed by atoms with Crippen LogP contribution in [-0.4, -0.2) is 25.0 Å². The topological polar surface area (TPSA) is 32.3 Å². The number of carbonyl (C=O) groups is 1. The van der Waals surface area contributed by atoms with Gasteiger partial charge in [-0.05, 0) is 6.07 Å². The summed E-state index contributed by atoms with van der Waals surface area (Å²) in [4.78, 5) is 12.5. The van der Waals surface area contributed by atoms with E-state index < -0.39 is 12.5 Å². The highest BCUT2D eigenvalue weighted by Gasteiger charge is 2.14. The van der Waals surface area contributed by atoms with Gasteiger partial charge >= 0.3 is 6.03 Å². The summed E-state index contributed by atoms with van der Waals surface area (Å²) in [6.45, 7) is 0. The second-order valence-electron chi connectivity index (χ2n) is 3.21. The highest BCUT2D eigenvalue weighted by Crippen LogP contribution is 2.26. The number of benzene rings is 1. The van der Waals surface area contributed by atoms with Crippen LogP contribution >= 0.6 is 0 Å². The molecule has 0 aliphatic rings. The van der Waals surface area contributed by atoms with E-state index >= 15 is 0 Å². The molecule has 0 radical (unpaired) electrons. The van der Waals surface area contributed by atoms with Crippen LogP contribution in [0.25, 0.3) is 0 Å². The maximum Gasteiger partial charge on any atom is 0.321 e. The molecule has 1 N–H and O–H groups in total. The number of halogens is 2. The normalized spacial score (nSPS) is 10.2. The number of para-hydroxylation sites is 1. The van der Waals surface area contributed by atoms with Crippen molar-refractivity contribution in [1.82, 2.24) is 4.90 Å². The summed E-state index contributed by atoms with van der Waals surface area (Å²) in [6.07, 6.45) is -2.59. The summed E-state index contributed by atoms with van der Waals surface area (Å²) in [6, 6.07) is 5.41. The Hall–Kier alpha value is -1.65. The molecule has 0 aliphatic carbocycles. The maximum absolute atomic E-state index is 12.5. The predicted octanol–water partition coefficient (Wildman–Crippen LogP) is 2.72. The van der Waals surface area contributed by atoms with Gasteiger partial charge in [0, 0.05) is 19.7 Å². The first-order valence-corrected chi connectivity index (χ1v) is 4.37. The third-order valence-electron chi connectivity index (χ3n) is 1.84. The molecule has 5 heteroatoms.